The Labute approximate surface area is 112 Å². The van der Waals surface area contributed by atoms with Crippen LogP contribution in [0, 0.1) is 19.3 Å². The molecule has 1 N–H and O–H groups in total. The molecule has 3 nitrogen and oxygen atoms in total. The minimum atomic E-state index is -0.722. The molecular weight excluding hydrogens is 252 g/mol. The largest absolute Gasteiger partial charge is 0.496 e. The third-order valence-electron chi connectivity index (χ3n) is 3.82. The summed E-state index contributed by atoms with van der Waals surface area (Å²) in [5, 5.41) is 9.97. The zero-order chi connectivity index (χ0) is 13.5. The van der Waals surface area contributed by atoms with E-state index in [9.17, 15) is 9.90 Å². The highest BCUT2D eigenvalue weighted by atomic mass is 35.5. The van der Waals surface area contributed by atoms with E-state index in [0.717, 1.165) is 35.3 Å². The van der Waals surface area contributed by atoms with Gasteiger partial charge in [0.15, 0.2) is 0 Å². The van der Waals surface area contributed by atoms with Crippen molar-refractivity contribution in [2.45, 2.75) is 33.1 Å². The Morgan fingerprint density at radius 2 is 2.11 bits per heavy atom. The minimum Gasteiger partial charge on any atom is -0.496 e. The molecule has 2 rings (SSSR count). The van der Waals surface area contributed by atoms with E-state index in [1.165, 1.54) is 0 Å². The van der Waals surface area contributed by atoms with Crippen molar-refractivity contribution in [2.75, 3.05) is 7.11 Å². The van der Waals surface area contributed by atoms with E-state index in [1.54, 1.807) is 7.11 Å². The zero-order valence-electron chi connectivity index (χ0n) is 10.8. The Bertz CT molecular complexity index is 504. The van der Waals surface area contributed by atoms with Gasteiger partial charge in [-0.25, -0.2) is 0 Å². The van der Waals surface area contributed by atoms with Crippen LogP contribution in [0.2, 0.25) is 5.02 Å². The van der Waals surface area contributed by atoms with Gasteiger partial charge in [-0.3, -0.25) is 4.79 Å². The van der Waals surface area contributed by atoms with Crippen molar-refractivity contribution in [1.82, 2.24) is 0 Å². The predicted octanol–water partition coefficient (Wildman–Crippen LogP) is 3.37. The van der Waals surface area contributed by atoms with E-state index in [1.807, 2.05) is 19.9 Å². The average molecular weight is 269 g/mol. The van der Waals surface area contributed by atoms with Crippen molar-refractivity contribution in [2.24, 2.45) is 5.41 Å². The van der Waals surface area contributed by atoms with Crippen LogP contribution in [0.15, 0.2) is 6.07 Å². The number of hydrogen-bond donors (Lipinski definition) is 1. The molecule has 0 unspecified atom stereocenters. The van der Waals surface area contributed by atoms with Gasteiger partial charge in [0.2, 0.25) is 0 Å². The van der Waals surface area contributed by atoms with Crippen LogP contribution >= 0.6 is 11.6 Å². The summed E-state index contributed by atoms with van der Waals surface area (Å²) in [5.41, 5.74) is 2.21. The second-order valence-electron chi connectivity index (χ2n) is 5.08. The van der Waals surface area contributed by atoms with E-state index in [0.29, 0.717) is 11.4 Å². The van der Waals surface area contributed by atoms with Gasteiger partial charge in [0.05, 0.1) is 12.5 Å². The molecule has 98 valence electrons. The molecule has 0 amide bonds. The number of halogens is 1. The summed E-state index contributed by atoms with van der Waals surface area (Å²) in [6.07, 6.45) is 1.96. The van der Waals surface area contributed by atoms with Crippen molar-refractivity contribution in [3.05, 3.63) is 27.8 Å². The predicted molar refractivity (Wildman–Crippen MR) is 70.5 cm³/mol. The Balaban J connectivity index is 2.44. The van der Waals surface area contributed by atoms with Gasteiger partial charge in [-0.05, 0) is 55.9 Å². The van der Waals surface area contributed by atoms with Crippen LogP contribution < -0.4 is 4.74 Å². The van der Waals surface area contributed by atoms with Gasteiger partial charge in [-0.1, -0.05) is 11.6 Å². The molecule has 4 heteroatoms. The Hall–Kier alpha value is -1.22. The first-order valence-corrected chi connectivity index (χ1v) is 6.35. The average Bonchev–Trinajstić information content (AvgIpc) is 3.11. The standard InChI is InChI=1S/C14H17ClO3/c1-8-6-11(18-3)10(9(2)12(8)15)7-14(4-5-14)13(16)17/h6H,4-5,7H2,1-3H3,(H,16,17). The minimum absolute atomic E-state index is 0.497. The van der Waals surface area contributed by atoms with Crippen LogP contribution in [0.4, 0.5) is 0 Å². The van der Waals surface area contributed by atoms with Gasteiger partial charge in [0.1, 0.15) is 5.75 Å². The Morgan fingerprint density at radius 3 is 2.56 bits per heavy atom. The molecule has 1 fully saturated rings. The number of benzene rings is 1. The molecule has 1 aromatic rings. The molecule has 1 aromatic carbocycles. The van der Waals surface area contributed by atoms with Crippen molar-refractivity contribution in [3.63, 3.8) is 0 Å². The fourth-order valence-electron chi connectivity index (χ4n) is 2.32. The molecule has 0 radical (unpaired) electrons. The van der Waals surface area contributed by atoms with Gasteiger partial charge in [0.25, 0.3) is 0 Å². The first-order chi connectivity index (χ1) is 8.41. The number of rotatable bonds is 4. The number of ether oxygens (including phenoxy) is 1. The van der Waals surface area contributed by atoms with Crippen LogP contribution in [0.3, 0.4) is 0 Å². The van der Waals surface area contributed by atoms with E-state index < -0.39 is 11.4 Å². The molecule has 0 aliphatic heterocycles. The van der Waals surface area contributed by atoms with Crippen molar-refractivity contribution in [3.8, 4) is 5.75 Å². The van der Waals surface area contributed by atoms with E-state index in [4.69, 9.17) is 16.3 Å². The van der Waals surface area contributed by atoms with Crippen molar-refractivity contribution < 1.29 is 14.6 Å². The van der Waals surface area contributed by atoms with Crippen LogP contribution in [-0.2, 0) is 11.2 Å². The smallest absolute Gasteiger partial charge is 0.309 e. The van der Waals surface area contributed by atoms with Crippen LogP contribution in [0.5, 0.6) is 5.75 Å². The molecular formula is C14H17ClO3. The second-order valence-corrected chi connectivity index (χ2v) is 5.45. The summed E-state index contributed by atoms with van der Waals surface area (Å²) >= 11 is 6.24. The van der Waals surface area contributed by atoms with Crippen LogP contribution in [0.25, 0.3) is 0 Å². The quantitative estimate of drug-likeness (QED) is 0.911. The number of carboxylic acid groups (broad SMARTS) is 1. The fraction of sp³-hybridized carbons (Fsp3) is 0.500. The molecule has 1 saturated carbocycles. The first kappa shape index (κ1) is 13.2. The number of hydrogen-bond acceptors (Lipinski definition) is 2. The first-order valence-electron chi connectivity index (χ1n) is 5.97. The summed E-state index contributed by atoms with van der Waals surface area (Å²) in [6.45, 7) is 3.84. The lowest BCUT2D eigenvalue weighted by Crippen LogP contribution is -2.18. The highest BCUT2D eigenvalue weighted by molar-refractivity contribution is 6.32. The summed E-state index contributed by atoms with van der Waals surface area (Å²) in [7, 11) is 1.60. The lowest BCUT2D eigenvalue weighted by Gasteiger charge is -2.18. The van der Waals surface area contributed by atoms with Crippen molar-refractivity contribution >= 4 is 17.6 Å². The maximum absolute atomic E-state index is 11.3. The van der Waals surface area contributed by atoms with E-state index >= 15 is 0 Å². The second kappa shape index (κ2) is 4.47. The lowest BCUT2D eigenvalue weighted by molar-refractivity contribution is -0.143. The summed E-state index contributed by atoms with van der Waals surface area (Å²) in [4.78, 5) is 11.3. The summed E-state index contributed by atoms with van der Waals surface area (Å²) < 4.78 is 5.36. The van der Waals surface area contributed by atoms with Crippen LogP contribution in [-0.4, -0.2) is 18.2 Å². The maximum Gasteiger partial charge on any atom is 0.309 e. The van der Waals surface area contributed by atoms with Gasteiger partial charge in [-0.2, -0.15) is 0 Å². The highest BCUT2D eigenvalue weighted by Crippen LogP contribution is 2.50. The lowest BCUT2D eigenvalue weighted by atomic mass is 9.92. The fourth-order valence-corrected chi connectivity index (χ4v) is 2.49. The molecule has 0 bridgehead atoms. The topological polar surface area (TPSA) is 46.5 Å². The molecule has 1 aliphatic rings. The number of aryl methyl sites for hydroxylation is 1. The number of carboxylic acids is 1. The molecule has 18 heavy (non-hydrogen) atoms. The Morgan fingerprint density at radius 1 is 1.50 bits per heavy atom. The van der Waals surface area contributed by atoms with Gasteiger partial charge in [-0.15, -0.1) is 0 Å². The molecule has 0 saturated heterocycles. The SMILES string of the molecule is COc1cc(C)c(Cl)c(C)c1CC1(C(=O)O)CC1. The zero-order valence-corrected chi connectivity index (χ0v) is 11.6. The maximum atomic E-state index is 11.3. The molecule has 0 heterocycles. The molecule has 0 atom stereocenters. The molecule has 0 aromatic heterocycles. The van der Waals surface area contributed by atoms with E-state index in [-0.39, 0.29) is 0 Å². The Kier molecular flexibility index (Phi) is 3.28. The summed E-state index contributed by atoms with van der Waals surface area (Å²) in [6, 6.07) is 1.88. The number of aliphatic carboxylic acids is 1. The molecule has 0 spiro atoms. The number of methoxy groups -OCH3 is 1. The van der Waals surface area contributed by atoms with Crippen LogP contribution in [0.1, 0.15) is 29.5 Å². The summed E-state index contributed by atoms with van der Waals surface area (Å²) in [5.74, 6) is 0.0163. The third-order valence-corrected chi connectivity index (χ3v) is 4.40. The van der Waals surface area contributed by atoms with E-state index in [2.05, 4.69) is 0 Å². The monoisotopic (exact) mass is 268 g/mol. The van der Waals surface area contributed by atoms with Gasteiger partial charge < -0.3 is 9.84 Å². The normalized spacial score (nSPS) is 16.4. The molecule has 1 aliphatic carbocycles. The number of carbonyl (C=O) groups is 1. The van der Waals surface area contributed by atoms with Gasteiger partial charge in [0, 0.05) is 5.02 Å². The highest BCUT2D eigenvalue weighted by Gasteiger charge is 2.50. The van der Waals surface area contributed by atoms with Crippen molar-refractivity contribution in [1.29, 1.82) is 0 Å². The third kappa shape index (κ3) is 2.07. The van der Waals surface area contributed by atoms with Gasteiger partial charge >= 0.3 is 5.97 Å².